The highest BCUT2D eigenvalue weighted by molar-refractivity contribution is 6.33. The van der Waals surface area contributed by atoms with E-state index in [-0.39, 0.29) is 5.15 Å². The van der Waals surface area contributed by atoms with Gasteiger partial charge >= 0.3 is 0 Å². The maximum atomic E-state index is 6.15. The number of aromatic nitrogens is 4. The summed E-state index contributed by atoms with van der Waals surface area (Å²) >= 11 is 6.15. The van der Waals surface area contributed by atoms with Crippen LogP contribution in [0.1, 0.15) is 32.0 Å². The van der Waals surface area contributed by atoms with Crippen LogP contribution in [0.15, 0.2) is 22.8 Å². The molecule has 0 aromatic carbocycles. The fraction of sp³-hybridized carbons (Fsp3) is 0.267. The number of halogens is 1. The lowest BCUT2D eigenvalue weighted by molar-refractivity contribution is 0.577. The molecule has 0 spiro atoms. The zero-order chi connectivity index (χ0) is 14.7. The molecule has 0 saturated heterocycles. The standard InChI is InChI=1S/C15H13ClN4O/c1-2-3-4-5-8-11-17-12-13(16)19-14(20-15(12)18-11)10-7-6-9-21-10/h6-7,9H,2-4H2,1H3,(H,17,18,19,20). The van der Waals surface area contributed by atoms with E-state index in [1.807, 2.05) is 0 Å². The number of imidazole rings is 1. The van der Waals surface area contributed by atoms with Crippen LogP contribution in [0.2, 0.25) is 5.15 Å². The van der Waals surface area contributed by atoms with Crippen molar-refractivity contribution >= 4 is 22.8 Å². The Morgan fingerprint density at radius 2 is 2.24 bits per heavy atom. The summed E-state index contributed by atoms with van der Waals surface area (Å²) in [5, 5.41) is 0.282. The summed E-state index contributed by atoms with van der Waals surface area (Å²) in [4.78, 5) is 15.9. The van der Waals surface area contributed by atoms with Gasteiger partial charge in [0.1, 0.15) is 5.52 Å². The fourth-order valence-corrected chi connectivity index (χ4v) is 2.06. The molecule has 3 heterocycles. The van der Waals surface area contributed by atoms with E-state index in [1.165, 1.54) is 0 Å². The van der Waals surface area contributed by atoms with E-state index in [9.17, 15) is 0 Å². The molecule has 106 valence electrons. The van der Waals surface area contributed by atoms with Gasteiger partial charge in [0.05, 0.1) is 6.26 Å². The normalized spacial score (nSPS) is 10.6. The Labute approximate surface area is 126 Å². The molecule has 3 rings (SSSR count). The summed E-state index contributed by atoms with van der Waals surface area (Å²) in [5.74, 6) is 7.59. The van der Waals surface area contributed by atoms with E-state index in [4.69, 9.17) is 16.0 Å². The Bertz CT molecular complexity index is 811. The van der Waals surface area contributed by atoms with Gasteiger partial charge in [0.25, 0.3) is 0 Å². The van der Waals surface area contributed by atoms with E-state index in [0.717, 1.165) is 19.3 Å². The molecule has 0 aliphatic heterocycles. The number of hydrogen-bond acceptors (Lipinski definition) is 4. The molecule has 0 atom stereocenters. The topological polar surface area (TPSA) is 67.6 Å². The third-order valence-corrected chi connectivity index (χ3v) is 3.17. The molecule has 5 nitrogen and oxygen atoms in total. The van der Waals surface area contributed by atoms with Crippen LogP contribution in [-0.4, -0.2) is 19.9 Å². The monoisotopic (exact) mass is 300 g/mol. The Balaban J connectivity index is 1.97. The molecular formula is C15H13ClN4O. The van der Waals surface area contributed by atoms with Crippen molar-refractivity contribution in [3.8, 4) is 23.4 Å². The van der Waals surface area contributed by atoms with Crippen LogP contribution in [0.25, 0.3) is 22.7 Å². The van der Waals surface area contributed by atoms with Gasteiger partial charge in [-0.25, -0.2) is 15.0 Å². The molecule has 0 bridgehead atoms. The van der Waals surface area contributed by atoms with Gasteiger partial charge in [-0.15, -0.1) is 0 Å². The van der Waals surface area contributed by atoms with Crippen molar-refractivity contribution in [1.29, 1.82) is 0 Å². The van der Waals surface area contributed by atoms with Gasteiger partial charge in [-0.3, -0.25) is 0 Å². The number of furan rings is 1. The number of rotatable bonds is 3. The average molecular weight is 301 g/mol. The first kappa shape index (κ1) is 13.7. The van der Waals surface area contributed by atoms with Crippen LogP contribution in [0.5, 0.6) is 0 Å². The molecule has 0 unspecified atom stereocenters. The van der Waals surface area contributed by atoms with Crippen LogP contribution in [0.4, 0.5) is 0 Å². The predicted octanol–water partition coefficient (Wildman–Crippen LogP) is 3.81. The Morgan fingerprint density at radius 3 is 3.00 bits per heavy atom. The maximum absolute atomic E-state index is 6.15. The van der Waals surface area contributed by atoms with Crippen molar-refractivity contribution in [2.45, 2.75) is 26.2 Å². The zero-order valence-corrected chi connectivity index (χ0v) is 12.2. The smallest absolute Gasteiger partial charge is 0.199 e. The predicted molar refractivity (Wildman–Crippen MR) is 80.8 cm³/mol. The number of nitrogens with one attached hydrogen (secondary N) is 1. The zero-order valence-electron chi connectivity index (χ0n) is 11.5. The van der Waals surface area contributed by atoms with Gasteiger partial charge in [0, 0.05) is 6.42 Å². The SMILES string of the molecule is CCCCC#Cc1nc2c(Cl)nc(-c3ccco3)nc2[nH]1. The van der Waals surface area contributed by atoms with E-state index in [2.05, 4.69) is 38.7 Å². The van der Waals surface area contributed by atoms with E-state index in [0.29, 0.717) is 28.6 Å². The molecule has 0 aliphatic carbocycles. The highest BCUT2D eigenvalue weighted by Gasteiger charge is 2.13. The van der Waals surface area contributed by atoms with Gasteiger partial charge in [0.15, 0.2) is 28.2 Å². The minimum Gasteiger partial charge on any atom is -0.461 e. The number of hydrogen-bond donors (Lipinski definition) is 1. The second-order valence-corrected chi connectivity index (χ2v) is 4.86. The first-order valence-corrected chi connectivity index (χ1v) is 7.11. The van der Waals surface area contributed by atoms with Crippen molar-refractivity contribution in [2.24, 2.45) is 0 Å². The van der Waals surface area contributed by atoms with Crippen LogP contribution in [0.3, 0.4) is 0 Å². The Hall–Kier alpha value is -2.32. The lowest BCUT2D eigenvalue weighted by Crippen LogP contribution is -1.89. The van der Waals surface area contributed by atoms with Crippen molar-refractivity contribution in [3.63, 3.8) is 0 Å². The first-order valence-electron chi connectivity index (χ1n) is 6.74. The van der Waals surface area contributed by atoms with Gasteiger partial charge in [-0.2, -0.15) is 0 Å². The minimum absolute atomic E-state index is 0.282. The molecular weight excluding hydrogens is 288 g/mol. The van der Waals surface area contributed by atoms with Crippen molar-refractivity contribution in [2.75, 3.05) is 0 Å². The second kappa shape index (κ2) is 5.98. The maximum Gasteiger partial charge on any atom is 0.199 e. The summed E-state index contributed by atoms with van der Waals surface area (Å²) in [6.45, 7) is 2.13. The fourth-order valence-electron chi connectivity index (χ4n) is 1.85. The van der Waals surface area contributed by atoms with E-state index >= 15 is 0 Å². The minimum atomic E-state index is 0.282. The van der Waals surface area contributed by atoms with Crippen LogP contribution in [-0.2, 0) is 0 Å². The lowest BCUT2D eigenvalue weighted by Gasteiger charge is -1.96. The van der Waals surface area contributed by atoms with Gasteiger partial charge in [0.2, 0.25) is 0 Å². The molecule has 1 N–H and O–H groups in total. The summed E-state index contributed by atoms with van der Waals surface area (Å²) in [6.07, 6.45) is 4.62. The summed E-state index contributed by atoms with van der Waals surface area (Å²) < 4.78 is 5.28. The number of fused-ring (bicyclic) bond motifs is 1. The number of unbranched alkanes of at least 4 members (excludes halogenated alkanes) is 2. The lowest BCUT2D eigenvalue weighted by atomic mass is 10.2. The van der Waals surface area contributed by atoms with Crippen LogP contribution in [0, 0.1) is 11.8 Å². The summed E-state index contributed by atoms with van der Waals surface area (Å²) in [6, 6.07) is 3.55. The van der Waals surface area contributed by atoms with Gasteiger partial charge in [-0.05, 0) is 24.5 Å². The molecule has 0 saturated carbocycles. The Kier molecular flexibility index (Phi) is 3.89. The molecule has 3 aromatic heterocycles. The number of nitrogens with zero attached hydrogens (tertiary/aromatic N) is 3. The third-order valence-electron chi connectivity index (χ3n) is 2.91. The highest BCUT2D eigenvalue weighted by atomic mass is 35.5. The number of H-pyrrole nitrogens is 1. The third kappa shape index (κ3) is 2.91. The second-order valence-electron chi connectivity index (χ2n) is 4.50. The van der Waals surface area contributed by atoms with E-state index in [1.54, 1.807) is 18.4 Å². The molecule has 21 heavy (non-hydrogen) atoms. The summed E-state index contributed by atoms with van der Waals surface area (Å²) in [5.41, 5.74) is 1.08. The van der Waals surface area contributed by atoms with Crippen molar-refractivity contribution < 1.29 is 4.42 Å². The van der Waals surface area contributed by atoms with E-state index < -0.39 is 0 Å². The number of aromatic amines is 1. The first-order chi connectivity index (χ1) is 10.3. The molecule has 0 aliphatic rings. The van der Waals surface area contributed by atoms with Crippen molar-refractivity contribution in [1.82, 2.24) is 19.9 Å². The van der Waals surface area contributed by atoms with Crippen LogP contribution < -0.4 is 0 Å². The molecule has 0 amide bonds. The highest BCUT2D eigenvalue weighted by Crippen LogP contribution is 2.23. The van der Waals surface area contributed by atoms with Gasteiger partial charge in [-0.1, -0.05) is 30.9 Å². The molecule has 3 aromatic rings. The Morgan fingerprint density at radius 1 is 1.33 bits per heavy atom. The quantitative estimate of drug-likeness (QED) is 0.454. The molecule has 0 radical (unpaired) electrons. The van der Waals surface area contributed by atoms with Crippen molar-refractivity contribution in [3.05, 3.63) is 29.4 Å². The summed E-state index contributed by atoms with van der Waals surface area (Å²) in [7, 11) is 0. The van der Waals surface area contributed by atoms with Crippen LogP contribution >= 0.6 is 11.6 Å². The molecule has 6 heteroatoms. The van der Waals surface area contributed by atoms with Gasteiger partial charge < -0.3 is 9.40 Å². The molecule has 0 fully saturated rings. The largest absolute Gasteiger partial charge is 0.461 e. The average Bonchev–Trinajstić information content (AvgIpc) is 3.12.